The fourth-order valence-electron chi connectivity index (χ4n) is 3.15. The fourth-order valence-corrected chi connectivity index (χ4v) is 3.15. The van der Waals surface area contributed by atoms with Crippen LogP contribution in [0.15, 0.2) is 47.6 Å². The second-order valence-electron chi connectivity index (χ2n) is 7.21. The summed E-state index contributed by atoms with van der Waals surface area (Å²) in [7, 11) is 0. The molecule has 2 aromatic heterocycles. The number of pyridine rings is 1. The summed E-state index contributed by atoms with van der Waals surface area (Å²) >= 11 is 0. The van der Waals surface area contributed by atoms with Crippen LogP contribution in [0.4, 0.5) is 17.6 Å². The quantitative estimate of drug-likeness (QED) is 0.335. The Balaban J connectivity index is 1.70. The van der Waals surface area contributed by atoms with Gasteiger partial charge in [-0.2, -0.15) is 18.3 Å². The Bertz CT molecular complexity index is 1090. The molecule has 0 spiro atoms. The van der Waals surface area contributed by atoms with Crippen molar-refractivity contribution in [3.8, 4) is 5.82 Å². The van der Waals surface area contributed by atoms with E-state index in [-0.39, 0.29) is 18.7 Å². The fraction of sp³-hybridized carbons (Fsp3) is 0.318. The normalized spacial score (nSPS) is 12.2. The lowest BCUT2D eigenvalue weighted by Crippen LogP contribution is -2.37. The SMILES string of the molecule is CCNC(=NCc1ccc(-n2nc(C)cc2C)nc1)NCc1ccc(F)cc1C(F)(F)F. The van der Waals surface area contributed by atoms with Gasteiger partial charge < -0.3 is 10.6 Å². The van der Waals surface area contributed by atoms with Crippen LogP contribution in [-0.4, -0.2) is 27.3 Å². The van der Waals surface area contributed by atoms with Crippen LogP contribution in [0.25, 0.3) is 5.82 Å². The van der Waals surface area contributed by atoms with Crippen LogP contribution >= 0.6 is 0 Å². The minimum atomic E-state index is -4.65. The van der Waals surface area contributed by atoms with E-state index in [9.17, 15) is 17.6 Å². The lowest BCUT2D eigenvalue weighted by atomic mass is 10.1. The Morgan fingerprint density at radius 3 is 2.47 bits per heavy atom. The second kappa shape index (κ2) is 9.80. The molecule has 0 saturated carbocycles. The molecule has 10 heteroatoms. The van der Waals surface area contributed by atoms with Gasteiger partial charge in [-0.15, -0.1) is 0 Å². The maximum Gasteiger partial charge on any atom is 0.416 e. The number of guanidine groups is 1. The Morgan fingerprint density at radius 2 is 1.88 bits per heavy atom. The van der Waals surface area contributed by atoms with Crippen LogP contribution in [-0.2, 0) is 19.3 Å². The van der Waals surface area contributed by atoms with Gasteiger partial charge in [0.05, 0.1) is 17.8 Å². The minimum absolute atomic E-state index is 0.0691. The molecule has 32 heavy (non-hydrogen) atoms. The number of rotatable bonds is 6. The van der Waals surface area contributed by atoms with Gasteiger partial charge >= 0.3 is 6.18 Å². The van der Waals surface area contributed by atoms with Crippen molar-refractivity contribution >= 4 is 5.96 Å². The molecule has 0 saturated heterocycles. The highest BCUT2D eigenvalue weighted by Crippen LogP contribution is 2.32. The predicted molar refractivity (Wildman–Crippen MR) is 114 cm³/mol. The standard InChI is InChI=1S/C22H24F4N6/c1-4-27-21(30-13-17-6-7-18(23)10-19(17)22(24,25)26)29-12-16-5-8-20(28-11-16)32-15(3)9-14(2)31-32/h5-11H,4,12-13H2,1-3H3,(H2,27,29,30). The number of nitrogens with one attached hydrogen (secondary N) is 2. The van der Waals surface area contributed by atoms with Gasteiger partial charge in [0.25, 0.3) is 0 Å². The first kappa shape index (κ1) is 23.2. The van der Waals surface area contributed by atoms with Crippen molar-refractivity contribution in [3.05, 3.63) is 76.5 Å². The molecule has 0 bridgehead atoms. The number of nitrogens with zero attached hydrogens (tertiary/aromatic N) is 4. The number of aromatic nitrogens is 3. The van der Waals surface area contributed by atoms with E-state index in [4.69, 9.17) is 0 Å². The predicted octanol–water partition coefficient (Wildman–Crippen LogP) is 4.30. The van der Waals surface area contributed by atoms with E-state index in [2.05, 4.69) is 25.7 Å². The molecular weight excluding hydrogens is 424 g/mol. The van der Waals surface area contributed by atoms with Gasteiger partial charge in [-0.05, 0) is 56.2 Å². The first-order valence-electron chi connectivity index (χ1n) is 10.0. The van der Waals surface area contributed by atoms with Gasteiger partial charge in [-0.3, -0.25) is 0 Å². The number of hydrogen-bond donors (Lipinski definition) is 2. The van der Waals surface area contributed by atoms with Gasteiger partial charge in [0.15, 0.2) is 11.8 Å². The molecule has 0 aliphatic heterocycles. The van der Waals surface area contributed by atoms with Crippen molar-refractivity contribution in [2.45, 2.75) is 40.0 Å². The lowest BCUT2D eigenvalue weighted by molar-refractivity contribution is -0.138. The van der Waals surface area contributed by atoms with Gasteiger partial charge in [-0.1, -0.05) is 12.1 Å². The Morgan fingerprint density at radius 1 is 1.09 bits per heavy atom. The lowest BCUT2D eigenvalue weighted by Gasteiger charge is -2.16. The molecule has 0 amide bonds. The molecule has 0 atom stereocenters. The minimum Gasteiger partial charge on any atom is -0.357 e. The first-order valence-corrected chi connectivity index (χ1v) is 10.0. The van der Waals surface area contributed by atoms with Crippen molar-refractivity contribution in [2.75, 3.05) is 6.54 Å². The van der Waals surface area contributed by atoms with E-state index >= 15 is 0 Å². The molecule has 3 aromatic rings. The highest BCUT2D eigenvalue weighted by Gasteiger charge is 2.33. The van der Waals surface area contributed by atoms with E-state index < -0.39 is 17.6 Å². The summed E-state index contributed by atoms with van der Waals surface area (Å²) in [4.78, 5) is 8.83. The van der Waals surface area contributed by atoms with Gasteiger partial charge in [0, 0.05) is 25.0 Å². The zero-order valence-corrected chi connectivity index (χ0v) is 18.0. The smallest absolute Gasteiger partial charge is 0.357 e. The average Bonchev–Trinajstić information content (AvgIpc) is 3.08. The number of hydrogen-bond acceptors (Lipinski definition) is 3. The molecule has 0 aliphatic rings. The van der Waals surface area contributed by atoms with Crippen LogP contribution in [0.2, 0.25) is 0 Å². The third-order valence-electron chi connectivity index (χ3n) is 4.62. The number of alkyl halides is 3. The Hall–Kier alpha value is -3.43. The number of halogens is 4. The van der Waals surface area contributed by atoms with Gasteiger partial charge in [-0.25, -0.2) is 19.0 Å². The molecule has 3 rings (SSSR count). The number of aliphatic imine (C=N–C) groups is 1. The summed E-state index contributed by atoms with van der Waals surface area (Å²) in [5, 5.41) is 10.3. The van der Waals surface area contributed by atoms with Crippen molar-refractivity contribution in [3.63, 3.8) is 0 Å². The zero-order valence-electron chi connectivity index (χ0n) is 18.0. The van der Waals surface area contributed by atoms with Crippen molar-refractivity contribution in [2.24, 2.45) is 4.99 Å². The van der Waals surface area contributed by atoms with Gasteiger partial charge in [0.2, 0.25) is 0 Å². The van der Waals surface area contributed by atoms with Crippen molar-refractivity contribution in [1.29, 1.82) is 0 Å². The molecule has 1 aromatic carbocycles. The number of aryl methyl sites for hydroxylation is 2. The monoisotopic (exact) mass is 448 g/mol. The maximum absolute atomic E-state index is 13.3. The van der Waals surface area contributed by atoms with Crippen LogP contribution in [0.5, 0.6) is 0 Å². The van der Waals surface area contributed by atoms with Crippen molar-refractivity contribution in [1.82, 2.24) is 25.4 Å². The van der Waals surface area contributed by atoms with E-state index in [1.54, 1.807) is 10.9 Å². The molecule has 170 valence electrons. The topological polar surface area (TPSA) is 67.1 Å². The third-order valence-corrected chi connectivity index (χ3v) is 4.62. The largest absolute Gasteiger partial charge is 0.416 e. The van der Waals surface area contributed by atoms with Crippen LogP contribution < -0.4 is 10.6 Å². The van der Waals surface area contributed by atoms with E-state index in [0.717, 1.165) is 29.1 Å². The first-order chi connectivity index (χ1) is 15.2. The summed E-state index contributed by atoms with van der Waals surface area (Å²) in [5.41, 5.74) is 1.61. The molecule has 0 radical (unpaired) electrons. The zero-order chi connectivity index (χ0) is 23.3. The van der Waals surface area contributed by atoms with Crippen LogP contribution in [0.1, 0.15) is 35.0 Å². The summed E-state index contributed by atoms with van der Waals surface area (Å²) in [6.45, 7) is 6.34. The Labute approximate surface area is 183 Å². The summed E-state index contributed by atoms with van der Waals surface area (Å²) in [6, 6.07) is 8.28. The molecule has 2 heterocycles. The van der Waals surface area contributed by atoms with Crippen LogP contribution in [0.3, 0.4) is 0 Å². The molecule has 6 nitrogen and oxygen atoms in total. The van der Waals surface area contributed by atoms with Crippen molar-refractivity contribution < 1.29 is 17.6 Å². The highest BCUT2D eigenvalue weighted by molar-refractivity contribution is 5.79. The van der Waals surface area contributed by atoms with E-state index in [1.807, 2.05) is 39.0 Å². The highest BCUT2D eigenvalue weighted by atomic mass is 19.4. The molecule has 0 fully saturated rings. The molecule has 0 unspecified atom stereocenters. The second-order valence-corrected chi connectivity index (χ2v) is 7.21. The molecule has 2 N–H and O–H groups in total. The third kappa shape index (κ3) is 5.83. The summed E-state index contributed by atoms with van der Waals surface area (Å²) in [5.74, 6) is 0.0926. The van der Waals surface area contributed by atoms with E-state index in [1.165, 1.54) is 0 Å². The average molecular weight is 448 g/mol. The number of benzene rings is 1. The molecular formula is C22H24F4N6. The van der Waals surface area contributed by atoms with Crippen LogP contribution in [0, 0.1) is 19.7 Å². The summed E-state index contributed by atoms with van der Waals surface area (Å²) in [6.07, 6.45) is -2.96. The van der Waals surface area contributed by atoms with Gasteiger partial charge in [0.1, 0.15) is 5.82 Å². The maximum atomic E-state index is 13.3. The Kier molecular flexibility index (Phi) is 7.12. The van der Waals surface area contributed by atoms with E-state index in [0.29, 0.717) is 24.4 Å². The molecule has 0 aliphatic carbocycles. The summed E-state index contributed by atoms with van der Waals surface area (Å²) < 4.78 is 54.6.